The minimum atomic E-state index is 0.348. The smallest absolute Gasteiger partial charge is 0.0616 e. The summed E-state index contributed by atoms with van der Waals surface area (Å²) < 4.78 is 5.32. The number of hydrogen-bond donors (Lipinski definition) is 1. The largest absolute Gasteiger partial charge is 0.380 e. The van der Waals surface area contributed by atoms with Gasteiger partial charge in [0.25, 0.3) is 0 Å². The molecule has 3 heteroatoms. The minimum Gasteiger partial charge on any atom is -0.380 e. The standard InChI is InChI=1S/C12H18ClNO/c1-3-15-9-10(2)14-8-11-6-4-5-7-12(11)13/h4-7,10,14H,3,8-9H2,1-2H3. The zero-order valence-corrected chi connectivity index (χ0v) is 10.1. The van der Waals surface area contributed by atoms with Gasteiger partial charge in [0.15, 0.2) is 0 Å². The van der Waals surface area contributed by atoms with Gasteiger partial charge >= 0.3 is 0 Å². The highest BCUT2D eigenvalue weighted by atomic mass is 35.5. The Hall–Kier alpha value is -0.570. The molecule has 0 saturated heterocycles. The molecule has 0 heterocycles. The van der Waals surface area contributed by atoms with E-state index in [1.807, 2.05) is 31.2 Å². The first-order valence-electron chi connectivity index (χ1n) is 5.28. The van der Waals surface area contributed by atoms with Crippen LogP contribution < -0.4 is 5.32 Å². The first-order chi connectivity index (χ1) is 7.24. The number of nitrogens with one attached hydrogen (secondary N) is 1. The van der Waals surface area contributed by atoms with Crippen LogP contribution in [-0.2, 0) is 11.3 Å². The van der Waals surface area contributed by atoms with Gasteiger partial charge in [-0.25, -0.2) is 0 Å². The van der Waals surface area contributed by atoms with E-state index in [-0.39, 0.29) is 0 Å². The molecule has 0 fully saturated rings. The second-order valence-corrected chi connectivity index (χ2v) is 3.94. The van der Waals surface area contributed by atoms with Gasteiger partial charge in [0.2, 0.25) is 0 Å². The zero-order chi connectivity index (χ0) is 11.1. The van der Waals surface area contributed by atoms with Gasteiger partial charge < -0.3 is 10.1 Å². The molecule has 0 spiro atoms. The maximum absolute atomic E-state index is 6.04. The lowest BCUT2D eigenvalue weighted by Crippen LogP contribution is -2.30. The molecule has 15 heavy (non-hydrogen) atoms. The van der Waals surface area contributed by atoms with Crippen LogP contribution in [0.1, 0.15) is 19.4 Å². The predicted molar refractivity (Wildman–Crippen MR) is 64.2 cm³/mol. The summed E-state index contributed by atoms with van der Waals surface area (Å²) in [4.78, 5) is 0. The topological polar surface area (TPSA) is 21.3 Å². The number of ether oxygens (including phenoxy) is 1. The van der Waals surface area contributed by atoms with E-state index in [0.717, 1.165) is 30.3 Å². The molecule has 0 bridgehead atoms. The van der Waals surface area contributed by atoms with Gasteiger partial charge in [-0.3, -0.25) is 0 Å². The highest BCUT2D eigenvalue weighted by Gasteiger charge is 2.03. The maximum Gasteiger partial charge on any atom is 0.0616 e. The average Bonchev–Trinajstić information content (AvgIpc) is 2.25. The van der Waals surface area contributed by atoms with Crippen LogP contribution in [0.25, 0.3) is 0 Å². The Bertz CT molecular complexity index is 291. The molecule has 1 aromatic carbocycles. The molecule has 1 rings (SSSR count). The molecule has 0 saturated carbocycles. The summed E-state index contributed by atoms with van der Waals surface area (Å²) in [6.45, 7) is 6.39. The van der Waals surface area contributed by atoms with Crippen molar-refractivity contribution in [3.63, 3.8) is 0 Å². The van der Waals surface area contributed by atoms with Gasteiger partial charge in [-0.15, -0.1) is 0 Å². The predicted octanol–water partition coefficient (Wildman–Crippen LogP) is 2.85. The van der Waals surface area contributed by atoms with Crippen LogP contribution in [0, 0.1) is 0 Å². The Balaban J connectivity index is 2.33. The van der Waals surface area contributed by atoms with Crippen LogP contribution in [0.4, 0.5) is 0 Å². The molecule has 1 atom stereocenters. The maximum atomic E-state index is 6.04. The Labute approximate surface area is 96.6 Å². The van der Waals surface area contributed by atoms with Crippen LogP contribution in [0.15, 0.2) is 24.3 Å². The fourth-order valence-corrected chi connectivity index (χ4v) is 1.48. The minimum absolute atomic E-state index is 0.348. The quantitative estimate of drug-likeness (QED) is 0.807. The summed E-state index contributed by atoms with van der Waals surface area (Å²) in [5.74, 6) is 0. The highest BCUT2D eigenvalue weighted by molar-refractivity contribution is 6.31. The van der Waals surface area contributed by atoms with Crippen molar-refractivity contribution in [2.45, 2.75) is 26.4 Å². The molecule has 0 aliphatic rings. The van der Waals surface area contributed by atoms with Crippen LogP contribution >= 0.6 is 11.6 Å². The molecule has 0 aliphatic carbocycles. The lowest BCUT2D eigenvalue weighted by molar-refractivity contribution is 0.127. The summed E-state index contributed by atoms with van der Waals surface area (Å²) >= 11 is 6.04. The third-order valence-electron chi connectivity index (χ3n) is 2.17. The molecular formula is C12H18ClNO. The molecule has 0 radical (unpaired) electrons. The third-order valence-corrected chi connectivity index (χ3v) is 2.54. The van der Waals surface area contributed by atoms with Crippen LogP contribution in [0.2, 0.25) is 5.02 Å². The van der Waals surface area contributed by atoms with E-state index in [2.05, 4.69) is 12.2 Å². The summed E-state index contributed by atoms with van der Waals surface area (Å²) in [6.07, 6.45) is 0. The van der Waals surface area contributed by atoms with E-state index in [1.165, 1.54) is 0 Å². The number of hydrogen-bond acceptors (Lipinski definition) is 2. The molecule has 0 amide bonds. The van der Waals surface area contributed by atoms with Crippen molar-refractivity contribution < 1.29 is 4.74 Å². The van der Waals surface area contributed by atoms with Gasteiger partial charge in [0.1, 0.15) is 0 Å². The molecule has 1 aromatic rings. The van der Waals surface area contributed by atoms with E-state index >= 15 is 0 Å². The lowest BCUT2D eigenvalue weighted by atomic mass is 10.2. The molecule has 84 valence electrons. The van der Waals surface area contributed by atoms with Gasteiger partial charge in [-0.1, -0.05) is 29.8 Å². The summed E-state index contributed by atoms with van der Waals surface area (Å²) in [6, 6.07) is 8.22. The van der Waals surface area contributed by atoms with E-state index in [0.29, 0.717) is 6.04 Å². The Morgan fingerprint density at radius 3 is 2.80 bits per heavy atom. The average molecular weight is 228 g/mol. The second kappa shape index (κ2) is 6.83. The van der Waals surface area contributed by atoms with Crippen molar-refractivity contribution in [3.8, 4) is 0 Å². The van der Waals surface area contributed by atoms with Crippen molar-refractivity contribution in [1.29, 1.82) is 0 Å². The number of rotatable bonds is 6. The molecule has 2 nitrogen and oxygen atoms in total. The van der Waals surface area contributed by atoms with Gasteiger partial charge in [0.05, 0.1) is 6.61 Å². The second-order valence-electron chi connectivity index (χ2n) is 3.53. The Morgan fingerprint density at radius 1 is 1.40 bits per heavy atom. The molecular weight excluding hydrogens is 210 g/mol. The van der Waals surface area contributed by atoms with Crippen molar-refractivity contribution in [1.82, 2.24) is 5.32 Å². The van der Waals surface area contributed by atoms with Crippen LogP contribution in [-0.4, -0.2) is 19.3 Å². The first-order valence-corrected chi connectivity index (χ1v) is 5.66. The summed E-state index contributed by atoms with van der Waals surface area (Å²) in [5, 5.41) is 4.18. The fourth-order valence-electron chi connectivity index (χ4n) is 1.28. The van der Waals surface area contributed by atoms with Crippen molar-refractivity contribution >= 4 is 11.6 Å². The van der Waals surface area contributed by atoms with E-state index in [4.69, 9.17) is 16.3 Å². The van der Waals surface area contributed by atoms with Crippen LogP contribution in [0.3, 0.4) is 0 Å². The van der Waals surface area contributed by atoms with Crippen molar-refractivity contribution in [3.05, 3.63) is 34.9 Å². The number of halogens is 1. The Kier molecular flexibility index (Phi) is 5.69. The summed E-state index contributed by atoms with van der Waals surface area (Å²) in [5.41, 5.74) is 1.13. The fraction of sp³-hybridized carbons (Fsp3) is 0.500. The lowest BCUT2D eigenvalue weighted by Gasteiger charge is -2.14. The van der Waals surface area contributed by atoms with E-state index in [1.54, 1.807) is 0 Å². The molecule has 0 aromatic heterocycles. The third kappa shape index (κ3) is 4.65. The summed E-state index contributed by atoms with van der Waals surface area (Å²) in [7, 11) is 0. The van der Waals surface area contributed by atoms with Gasteiger partial charge in [-0.05, 0) is 25.5 Å². The van der Waals surface area contributed by atoms with E-state index < -0.39 is 0 Å². The van der Waals surface area contributed by atoms with Crippen LogP contribution in [0.5, 0.6) is 0 Å². The van der Waals surface area contributed by atoms with Gasteiger partial charge in [0, 0.05) is 24.2 Å². The van der Waals surface area contributed by atoms with Crippen molar-refractivity contribution in [2.24, 2.45) is 0 Å². The number of benzene rings is 1. The highest BCUT2D eigenvalue weighted by Crippen LogP contribution is 2.14. The SMILES string of the molecule is CCOCC(C)NCc1ccccc1Cl. The molecule has 1 N–H and O–H groups in total. The monoisotopic (exact) mass is 227 g/mol. The molecule has 0 aliphatic heterocycles. The van der Waals surface area contributed by atoms with Gasteiger partial charge in [-0.2, -0.15) is 0 Å². The Morgan fingerprint density at radius 2 is 2.13 bits per heavy atom. The normalized spacial score (nSPS) is 12.7. The zero-order valence-electron chi connectivity index (χ0n) is 9.29. The van der Waals surface area contributed by atoms with E-state index in [9.17, 15) is 0 Å². The first kappa shape index (κ1) is 12.5. The van der Waals surface area contributed by atoms with Crippen molar-refractivity contribution in [2.75, 3.05) is 13.2 Å². The molecule has 1 unspecified atom stereocenters.